The van der Waals surface area contributed by atoms with Gasteiger partial charge in [-0.3, -0.25) is 0 Å². The molecule has 1 heterocycles. The standard InChI is InChI=1S/C14H21NOS/c1-9-6-7-11(16-5)10-8-17-14(2,3)13(15-4)12(9)10/h6-7,13,15H,8H2,1-5H3. The van der Waals surface area contributed by atoms with Crippen molar-refractivity contribution in [3.8, 4) is 5.75 Å². The molecule has 0 aromatic heterocycles. The third-order valence-electron chi connectivity index (χ3n) is 3.61. The molecular weight excluding hydrogens is 230 g/mol. The molecule has 1 N–H and O–H groups in total. The van der Waals surface area contributed by atoms with Gasteiger partial charge in [0.15, 0.2) is 0 Å². The van der Waals surface area contributed by atoms with Crippen LogP contribution in [-0.4, -0.2) is 18.9 Å². The van der Waals surface area contributed by atoms with E-state index >= 15 is 0 Å². The molecule has 1 atom stereocenters. The number of thioether (sulfide) groups is 1. The lowest BCUT2D eigenvalue weighted by atomic mass is 9.87. The van der Waals surface area contributed by atoms with E-state index in [1.165, 1.54) is 16.7 Å². The first-order valence-electron chi connectivity index (χ1n) is 5.99. The smallest absolute Gasteiger partial charge is 0.123 e. The maximum atomic E-state index is 5.49. The number of ether oxygens (including phenoxy) is 1. The maximum absolute atomic E-state index is 5.49. The van der Waals surface area contributed by atoms with Crippen LogP contribution in [0.15, 0.2) is 12.1 Å². The fourth-order valence-electron chi connectivity index (χ4n) is 2.68. The van der Waals surface area contributed by atoms with E-state index in [4.69, 9.17) is 4.74 Å². The van der Waals surface area contributed by atoms with E-state index in [-0.39, 0.29) is 4.75 Å². The molecule has 0 aliphatic carbocycles. The van der Waals surface area contributed by atoms with E-state index in [0.717, 1.165) is 11.5 Å². The zero-order chi connectivity index (χ0) is 12.6. The second-order valence-corrected chi connectivity index (χ2v) is 6.72. The topological polar surface area (TPSA) is 21.3 Å². The molecule has 0 bridgehead atoms. The second-order valence-electron chi connectivity index (χ2n) is 5.09. The summed E-state index contributed by atoms with van der Waals surface area (Å²) in [7, 11) is 3.80. The van der Waals surface area contributed by atoms with Crippen molar-refractivity contribution in [1.82, 2.24) is 5.32 Å². The quantitative estimate of drug-likeness (QED) is 0.871. The Balaban J connectivity index is 2.60. The second kappa shape index (κ2) is 4.54. The highest BCUT2D eigenvalue weighted by atomic mass is 32.2. The number of hydrogen-bond acceptors (Lipinski definition) is 3. The van der Waals surface area contributed by atoms with Gasteiger partial charge in [0.2, 0.25) is 0 Å². The number of aryl methyl sites for hydroxylation is 1. The molecule has 2 nitrogen and oxygen atoms in total. The Morgan fingerprint density at radius 3 is 2.71 bits per heavy atom. The number of fused-ring (bicyclic) bond motifs is 1. The van der Waals surface area contributed by atoms with E-state index in [9.17, 15) is 0 Å². The Labute approximate surface area is 108 Å². The molecule has 94 valence electrons. The summed E-state index contributed by atoms with van der Waals surface area (Å²) in [5.74, 6) is 2.06. The molecule has 0 saturated carbocycles. The van der Waals surface area contributed by atoms with Crippen LogP contribution in [0.4, 0.5) is 0 Å². The highest BCUT2D eigenvalue weighted by Crippen LogP contribution is 2.48. The average Bonchev–Trinajstić information content (AvgIpc) is 2.29. The van der Waals surface area contributed by atoms with Gasteiger partial charge >= 0.3 is 0 Å². The average molecular weight is 251 g/mol. The molecule has 1 aromatic carbocycles. The van der Waals surface area contributed by atoms with Crippen molar-refractivity contribution in [3.63, 3.8) is 0 Å². The minimum Gasteiger partial charge on any atom is -0.496 e. The zero-order valence-electron chi connectivity index (χ0n) is 11.3. The fourth-order valence-corrected chi connectivity index (χ4v) is 3.90. The first kappa shape index (κ1) is 12.8. The number of nitrogens with one attached hydrogen (secondary N) is 1. The summed E-state index contributed by atoms with van der Waals surface area (Å²) in [6.07, 6.45) is 0. The van der Waals surface area contributed by atoms with Crippen LogP contribution < -0.4 is 10.1 Å². The normalized spacial score (nSPS) is 22.1. The molecule has 1 aromatic rings. The molecule has 0 fully saturated rings. The van der Waals surface area contributed by atoms with Gasteiger partial charge in [0.25, 0.3) is 0 Å². The lowest BCUT2D eigenvalue weighted by Gasteiger charge is -2.40. The maximum Gasteiger partial charge on any atom is 0.123 e. The van der Waals surface area contributed by atoms with Gasteiger partial charge in [-0.25, -0.2) is 0 Å². The van der Waals surface area contributed by atoms with E-state index in [2.05, 4.69) is 38.2 Å². The number of rotatable bonds is 2. The van der Waals surface area contributed by atoms with Crippen molar-refractivity contribution >= 4 is 11.8 Å². The summed E-state index contributed by atoms with van der Waals surface area (Å²) in [6.45, 7) is 6.80. The van der Waals surface area contributed by atoms with Crippen LogP contribution in [0, 0.1) is 6.92 Å². The number of methoxy groups -OCH3 is 1. The molecular formula is C14H21NOS. The van der Waals surface area contributed by atoms with Gasteiger partial charge in [-0.15, -0.1) is 11.8 Å². The summed E-state index contributed by atoms with van der Waals surface area (Å²) in [5, 5.41) is 3.47. The van der Waals surface area contributed by atoms with Crippen LogP contribution in [0.1, 0.15) is 36.6 Å². The SMILES string of the molecule is CNC1c2c(C)ccc(OC)c2CSC1(C)C. The van der Waals surface area contributed by atoms with E-state index in [1.807, 2.05) is 18.8 Å². The van der Waals surface area contributed by atoms with Crippen molar-refractivity contribution in [2.75, 3.05) is 14.2 Å². The molecule has 2 rings (SSSR count). The highest BCUT2D eigenvalue weighted by Gasteiger charge is 2.37. The summed E-state index contributed by atoms with van der Waals surface area (Å²) >= 11 is 1.99. The number of benzene rings is 1. The Morgan fingerprint density at radius 2 is 2.12 bits per heavy atom. The first-order valence-corrected chi connectivity index (χ1v) is 6.97. The summed E-state index contributed by atoms with van der Waals surface area (Å²) in [5.41, 5.74) is 4.14. The molecule has 0 amide bonds. The van der Waals surface area contributed by atoms with Crippen molar-refractivity contribution < 1.29 is 4.74 Å². The van der Waals surface area contributed by atoms with Crippen molar-refractivity contribution in [2.24, 2.45) is 0 Å². The summed E-state index contributed by atoms with van der Waals surface area (Å²) < 4.78 is 5.71. The molecule has 1 unspecified atom stereocenters. The Hall–Kier alpha value is -0.670. The number of hydrogen-bond donors (Lipinski definition) is 1. The van der Waals surface area contributed by atoms with Crippen LogP contribution >= 0.6 is 11.8 Å². The van der Waals surface area contributed by atoms with Crippen molar-refractivity contribution in [1.29, 1.82) is 0 Å². The van der Waals surface area contributed by atoms with Gasteiger partial charge in [0.1, 0.15) is 5.75 Å². The van der Waals surface area contributed by atoms with Crippen LogP contribution in [0.25, 0.3) is 0 Å². The lowest BCUT2D eigenvalue weighted by Crippen LogP contribution is -2.38. The summed E-state index contributed by atoms with van der Waals surface area (Å²) in [4.78, 5) is 0. The van der Waals surface area contributed by atoms with E-state index in [0.29, 0.717) is 6.04 Å². The van der Waals surface area contributed by atoms with E-state index < -0.39 is 0 Å². The van der Waals surface area contributed by atoms with Gasteiger partial charge < -0.3 is 10.1 Å². The van der Waals surface area contributed by atoms with Gasteiger partial charge in [-0.2, -0.15) is 0 Å². The molecule has 0 radical (unpaired) electrons. The van der Waals surface area contributed by atoms with Gasteiger partial charge in [0, 0.05) is 22.1 Å². The summed E-state index contributed by atoms with van der Waals surface area (Å²) in [6, 6.07) is 4.62. The minimum atomic E-state index is 0.221. The molecule has 0 spiro atoms. The van der Waals surface area contributed by atoms with Crippen molar-refractivity contribution in [2.45, 2.75) is 37.3 Å². The Kier molecular flexibility index (Phi) is 3.41. The predicted molar refractivity (Wildman–Crippen MR) is 74.9 cm³/mol. The van der Waals surface area contributed by atoms with Gasteiger partial charge in [-0.05, 0) is 45.0 Å². The lowest BCUT2D eigenvalue weighted by molar-refractivity contribution is 0.404. The van der Waals surface area contributed by atoms with Crippen molar-refractivity contribution in [3.05, 3.63) is 28.8 Å². The van der Waals surface area contributed by atoms with Crippen LogP contribution in [0.5, 0.6) is 5.75 Å². The zero-order valence-corrected chi connectivity index (χ0v) is 12.1. The monoisotopic (exact) mass is 251 g/mol. The third-order valence-corrected chi connectivity index (χ3v) is 5.03. The third kappa shape index (κ3) is 2.06. The fraction of sp³-hybridized carbons (Fsp3) is 0.571. The first-order chi connectivity index (χ1) is 8.01. The minimum absolute atomic E-state index is 0.221. The molecule has 1 aliphatic rings. The van der Waals surface area contributed by atoms with Gasteiger partial charge in [0.05, 0.1) is 7.11 Å². The predicted octanol–water partition coefficient (Wildman–Crippen LogP) is 3.29. The van der Waals surface area contributed by atoms with Crippen LogP contribution in [0.3, 0.4) is 0 Å². The Bertz CT molecular complexity index is 428. The largest absolute Gasteiger partial charge is 0.496 e. The van der Waals surface area contributed by atoms with Gasteiger partial charge in [-0.1, -0.05) is 6.07 Å². The van der Waals surface area contributed by atoms with E-state index in [1.54, 1.807) is 7.11 Å². The van der Waals surface area contributed by atoms with Crippen LogP contribution in [-0.2, 0) is 5.75 Å². The molecule has 1 aliphatic heterocycles. The highest BCUT2D eigenvalue weighted by molar-refractivity contribution is 8.00. The Morgan fingerprint density at radius 1 is 1.41 bits per heavy atom. The van der Waals surface area contributed by atoms with Crippen LogP contribution in [0.2, 0.25) is 0 Å². The molecule has 0 saturated heterocycles. The molecule has 3 heteroatoms. The molecule has 17 heavy (non-hydrogen) atoms.